The Hall–Kier alpha value is -2.41. The van der Waals surface area contributed by atoms with E-state index < -0.39 is 12.1 Å². The van der Waals surface area contributed by atoms with Gasteiger partial charge in [0.2, 0.25) is 17.7 Å². The lowest BCUT2D eigenvalue weighted by Gasteiger charge is -2.34. The fourth-order valence-corrected chi connectivity index (χ4v) is 3.13. The average Bonchev–Trinajstić information content (AvgIpc) is 2.62. The van der Waals surface area contributed by atoms with Gasteiger partial charge in [0, 0.05) is 19.3 Å². The van der Waals surface area contributed by atoms with E-state index in [1.54, 1.807) is 4.90 Å². The van der Waals surface area contributed by atoms with Crippen molar-refractivity contribution in [3.8, 4) is 0 Å². The summed E-state index contributed by atoms with van der Waals surface area (Å²) in [7, 11) is 1.42. The number of rotatable bonds is 7. The van der Waals surface area contributed by atoms with E-state index in [-0.39, 0.29) is 30.2 Å². The van der Waals surface area contributed by atoms with Crippen molar-refractivity contribution in [1.82, 2.24) is 10.6 Å². The van der Waals surface area contributed by atoms with E-state index in [2.05, 4.69) is 10.6 Å². The molecule has 0 bridgehead atoms. The third kappa shape index (κ3) is 5.53. The summed E-state index contributed by atoms with van der Waals surface area (Å²) in [6.45, 7) is 6.21. The number of nitrogens with one attached hydrogen (secondary N) is 2. The predicted molar refractivity (Wildman–Crippen MR) is 103 cm³/mol. The van der Waals surface area contributed by atoms with Gasteiger partial charge in [-0.05, 0) is 37.8 Å². The Morgan fingerprint density at radius 3 is 2.52 bits per heavy atom. The molecule has 1 aliphatic rings. The van der Waals surface area contributed by atoms with Crippen LogP contribution in [0.15, 0.2) is 24.3 Å². The Balaban J connectivity index is 2.05. The van der Waals surface area contributed by atoms with Crippen molar-refractivity contribution in [2.75, 3.05) is 25.2 Å². The molecule has 0 spiro atoms. The maximum Gasteiger partial charge on any atom is 0.249 e. The minimum atomic E-state index is -0.713. The van der Waals surface area contributed by atoms with Gasteiger partial charge in [-0.25, -0.2) is 0 Å². The first-order valence-corrected chi connectivity index (χ1v) is 9.30. The fraction of sp³-hybridized carbons (Fsp3) is 0.550. The van der Waals surface area contributed by atoms with Gasteiger partial charge in [-0.15, -0.1) is 0 Å². The third-order valence-corrected chi connectivity index (χ3v) is 4.64. The first-order chi connectivity index (χ1) is 12.8. The summed E-state index contributed by atoms with van der Waals surface area (Å²) in [6.07, 6.45) is 1.39. The highest BCUT2D eigenvalue weighted by Gasteiger charge is 2.33. The van der Waals surface area contributed by atoms with Gasteiger partial charge in [0.25, 0.3) is 0 Å². The lowest BCUT2D eigenvalue weighted by atomic mass is 10.00. The molecule has 0 radical (unpaired) electrons. The molecule has 0 saturated carbocycles. The Kier molecular flexibility index (Phi) is 7.36. The highest BCUT2D eigenvalue weighted by Crippen LogP contribution is 2.21. The molecule has 7 nitrogen and oxygen atoms in total. The van der Waals surface area contributed by atoms with Crippen molar-refractivity contribution in [3.05, 3.63) is 29.8 Å². The highest BCUT2D eigenvalue weighted by molar-refractivity contribution is 6.00. The van der Waals surface area contributed by atoms with E-state index in [1.807, 2.05) is 45.0 Å². The van der Waals surface area contributed by atoms with Gasteiger partial charge >= 0.3 is 0 Å². The fourth-order valence-electron chi connectivity index (χ4n) is 3.13. The second kappa shape index (κ2) is 9.50. The van der Waals surface area contributed by atoms with Crippen molar-refractivity contribution in [3.63, 3.8) is 0 Å². The average molecular weight is 375 g/mol. The van der Waals surface area contributed by atoms with E-state index in [1.165, 1.54) is 7.11 Å². The molecule has 27 heavy (non-hydrogen) atoms. The molecule has 3 amide bonds. The zero-order chi connectivity index (χ0) is 20.0. The van der Waals surface area contributed by atoms with Crippen LogP contribution in [0.2, 0.25) is 0 Å². The minimum Gasteiger partial charge on any atom is -0.375 e. The molecule has 148 valence electrons. The zero-order valence-electron chi connectivity index (χ0n) is 16.5. The normalized spacial score (nSPS) is 18.3. The number of benzene rings is 1. The number of anilines is 1. The standard InChI is InChI=1S/C20H29N3O4/c1-13(2)18(22-17(24)12-27-4)19(25)21-16-6-5-11-23(20(16)26)15-9-7-14(3)8-10-15/h7-10,13,16,18H,5-6,11-12H2,1-4H3,(H,21,25)(H,22,24)/t16?,18-/m0/s1. The molecule has 2 atom stereocenters. The predicted octanol–water partition coefficient (Wildman–Crippen LogP) is 1.39. The number of carbonyl (C=O) groups excluding carboxylic acids is 3. The molecule has 1 aromatic rings. The molecular weight excluding hydrogens is 346 g/mol. The number of hydrogen-bond donors (Lipinski definition) is 2. The van der Waals surface area contributed by atoms with Crippen molar-refractivity contribution >= 4 is 23.4 Å². The Morgan fingerprint density at radius 1 is 1.26 bits per heavy atom. The molecule has 1 aromatic carbocycles. The molecule has 1 fully saturated rings. The number of aryl methyl sites for hydroxylation is 1. The van der Waals surface area contributed by atoms with E-state index in [9.17, 15) is 14.4 Å². The summed E-state index contributed by atoms with van der Waals surface area (Å²) < 4.78 is 4.80. The van der Waals surface area contributed by atoms with Gasteiger partial charge in [-0.3, -0.25) is 14.4 Å². The monoisotopic (exact) mass is 375 g/mol. The number of hydrogen-bond acceptors (Lipinski definition) is 4. The molecule has 2 rings (SSSR count). The Morgan fingerprint density at radius 2 is 1.93 bits per heavy atom. The number of nitrogens with zero attached hydrogens (tertiary/aromatic N) is 1. The Bertz CT molecular complexity index is 672. The summed E-state index contributed by atoms with van der Waals surface area (Å²) in [5.41, 5.74) is 1.96. The van der Waals surface area contributed by atoms with Gasteiger partial charge in [0.15, 0.2) is 0 Å². The van der Waals surface area contributed by atoms with Crippen molar-refractivity contribution in [2.45, 2.75) is 45.7 Å². The van der Waals surface area contributed by atoms with Crippen LogP contribution < -0.4 is 15.5 Å². The first kappa shape index (κ1) is 20.9. The van der Waals surface area contributed by atoms with Crippen LogP contribution in [0.1, 0.15) is 32.3 Å². The summed E-state index contributed by atoms with van der Waals surface area (Å²) in [4.78, 5) is 39.1. The van der Waals surface area contributed by atoms with E-state index >= 15 is 0 Å². The number of methoxy groups -OCH3 is 1. The second-order valence-electron chi connectivity index (χ2n) is 7.25. The van der Waals surface area contributed by atoms with Crippen molar-refractivity contribution < 1.29 is 19.1 Å². The zero-order valence-corrected chi connectivity index (χ0v) is 16.5. The van der Waals surface area contributed by atoms with E-state index in [0.717, 1.165) is 17.7 Å². The molecule has 1 unspecified atom stereocenters. The highest BCUT2D eigenvalue weighted by atomic mass is 16.5. The summed E-state index contributed by atoms with van der Waals surface area (Å²) in [6, 6.07) is 6.46. The Labute approximate surface area is 160 Å². The van der Waals surface area contributed by atoms with Crippen LogP contribution in [0.4, 0.5) is 5.69 Å². The molecular formula is C20H29N3O4. The second-order valence-corrected chi connectivity index (χ2v) is 7.25. The minimum absolute atomic E-state index is 0.111. The number of carbonyl (C=O) groups is 3. The summed E-state index contributed by atoms with van der Waals surface area (Å²) in [5, 5.41) is 5.49. The molecule has 2 N–H and O–H groups in total. The molecule has 0 aromatic heterocycles. The van der Waals surface area contributed by atoms with E-state index in [4.69, 9.17) is 4.74 Å². The molecule has 0 aliphatic carbocycles. The maximum absolute atomic E-state index is 12.9. The SMILES string of the molecule is COCC(=O)N[C@H](C(=O)NC1CCCN(c2ccc(C)cc2)C1=O)C(C)C. The molecule has 1 saturated heterocycles. The van der Waals surface area contributed by atoms with Crippen molar-refractivity contribution in [2.24, 2.45) is 5.92 Å². The topological polar surface area (TPSA) is 87.7 Å². The number of ether oxygens (including phenoxy) is 1. The van der Waals surface area contributed by atoms with Gasteiger partial charge in [-0.2, -0.15) is 0 Å². The molecule has 7 heteroatoms. The summed E-state index contributed by atoms with van der Waals surface area (Å²) in [5.74, 6) is -0.942. The smallest absolute Gasteiger partial charge is 0.249 e. The van der Waals surface area contributed by atoms with Crippen LogP contribution in [0, 0.1) is 12.8 Å². The summed E-state index contributed by atoms with van der Waals surface area (Å²) >= 11 is 0. The van der Waals surface area contributed by atoms with Gasteiger partial charge in [-0.1, -0.05) is 31.5 Å². The van der Waals surface area contributed by atoms with Crippen LogP contribution in [0.3, 0.4) is 0 Å². The molecule has 1 aliphatic heterocycles. The maximum atomic E-state index is 12.9. The quantitative estimate of drug-likeness (QED) is 0.754. The van der Waals surface area contributed by atoms with Crippen LogP contribution in [-0.2, 0) is 19.1 Å². The van der Waals surface area contributed by atoms with Crippen LogP contribution in [0.25, 0.3) is 0 Å². The number of piperidine rings is 1. The van der Waals surface area contributed by atoms with Crippen LogP contribution in [-0.4, -0.2) is 50.1 Å². The van der Waals surface area contributed by atoms with Gasteiger partial charge in [0.05, 0.1) is 0 Å². The third-order valence-electron chi connectivity index (χ3n) is 4.64. The lowest BCUT2D eigenvalue weighted by molar-refractivity contribution is -0.134. The van der Waals surface area contributed by atoms with Crippen LogP contribution in [0.5, 0.6) is 0 Å². The largest absolute Gasteiger partial charge is 0.375 e. The van der Waals surface area contributed by atoms with Crippen LogP contribution >= 0.6 is 0 Å². The van der Waals surface area contributed by atoms with E-state index in [0.29, 0.717) is 13.0 Å². The molecule has 1 heterocycles. The van der Waals surface area contributed by atoms with Crippen molar-refractivity contribution in [1.29, 1.82) is 0 Å². The first-order valence-electron chi connectivity index (χ1n) is 9.30. The van der Waals surface area contributed by atoms with Gasteiger partial charge < -0.3 is 20.3 Å². The number of amides is 3. The lowest BCUT2D eigenvalue weighted by Crippen LogP contribution is -2.58. The van der Waals surface area contributed by atoms with Gasteiger partial charge in [0.1, 0.15) is 18.7 Å².